The number of rotatable bonds is 11. The molecule has 4 heteroatoms. The molecular formula is C17H33NO2Sn. The number of carbonyl (C=O) groups is 1. The number of nitrogens with zero attached hydrogens (tertiary/aromatic N) is 1. The third-order valence-corrected chi connectivity index (χ3v) is 20.2. The van der Waals surface area contributed by atoms with Crippen LogP contribution in [-0.2, 0) is 4.74 Å². The molecular weight excluding hydrogens is 369 g/mol. The number of hydrogen-bond acceptors (Lipinski definition) is 2. The standard InChI is InChI=1S/C5H6NO2.3C4H9.Sn/c1-2-6-3-4-8-5(6)7;3*1-3-4-2;/h1,3-4H2;3*1,3-4H2,2H3;. The van der Waals surface area contributed by atoms with Gasteiger partial charge in [0.15, 0.2) is 0 Å². The topological polar surface area (TPSA) is 29.5 Å². The van der Waals surface area contributed by atoms with Crippen molar-refractivity contribution >= 4 is 24.5 Å². The van der Waals surface area contributed by atoms with E-state index in [0.717, 1.165) is 6.54 Å². The Morgan fingerprint density at radius 3 is 1.90 bits per heavy atom. The van der Waals surface area contributed by atoms with E-state index in [1.165, 1.54) is 55.5 Å². The predicted molar refractivity (Wildman–Crippen MR) is 92.1 cm³/mol. The molecule has 0 radical (unpaired) electrons. The molecule has 0 saturated carbocycles. The van der Waals surface area contributed by atoms with Crippen LogP contribution in [0.5, 0.6) is 0 Å². The SMILES string of the molecule is C=[C](N1CCOC1=O)[Sn]([CH2]CCC)([CH2]CCC)[CH2]CCC. The number of amides is 1. The van der Waals surface area contributed by atoms with Crippen LogP contribution in [0.3, 0.4) is 0 Å². The summed E-state index contributed by atoms with van der Waals surface area (Å²) in [6.07, 6.45) is 7.48. The van der Waals surface area contributed by atoms with Crippen LogP contribution < -0.4 is 0 Å². The zero-order chi connectivity index (χ0) is 15.7. The van der Waals surface area contributed by atoms with Gasteiger partial charge < -0.3 is 0 Å². The Morgan fingerprint density at radius 1 is 1.10 bits per heavy atom. The Balaban J connectivity index is 2.93. The van der Waals surface area contributed by atoms with Gasteiger partial charge in [0.05, 0.1) is 0 Å². The van der Waals surface area contributed by atoms with E-state index < -0.39 is 18.4 Å². The van der Waals surface area contributed by atoms with Gasteiger partial charge in [-0.3, -0.25) is 0 Å². The summed E-state index contributed by atoms with van der Waals surface area (Å²) < 4.78 is 10.4. The van der Waals surface area contributed by atoms with Crippen LogP contribution >= 0.6 is 0 Å². The molecule has 1 aliphatic rings. The molecule has 21 heavy (non-hydrogen) atoms. The molecule has 1 amide bonds. The zero-order valence-corrected chi connectivity index (χ0v) is 17.1. The van der Waals surface area contributed by atoms with Gasteiger partial charge in [-0.25, -0.2) is 0 Å². The van der Waals surface area contributed by atoms with Crippen molar-refractivity contribution in [2.24, 2.45) is 0 Å². The maximum absolute atomic E-state index is 12.0. The van der Waals surface area contributed by atoms with Gasteiger partial charge in [0.25, 0.3) is 0 Å². The molecule has 0 spiro atoms. The van der Waals surface area contributed by atoms with E-state index in [9.17, 15) is 4.79 Å². The molecule has 1 saturated heterocycles. The van der Waals surface area contributed by atoms with E-state index in [-0.39, 0.29) is 6.09 Å². The minimum atomic E-state index is -2.52. The number of unbranched alkanes of at least 4 members (excludes halogenated alkanes) is 3. The van der Waals surface area contributed by atoms with Gasteiger partial charge in [-0.15, -0.1) is 0 Å². The Bertz CT molecular complexity index is 322. The van der Waals surface area contributed by atoms with Crippen molar-refractivity contribution in [1.82, 2.24) is 4.90 Å². The van der Waals surface area contributed by atoms with Gasteiger partial charge in [-0.05, 0) is 0 Å². The van der Waals surface area contributed by atoms with Crippen LogP contribution in [0.2, 0.25) is 13.3 Å². The first kappa shape index (κ1) is 18.9. The summed E-state index contributed by atoms with van der Waals surface area (Å²) in [5.41, 5.74) is 0. The normalized spacial score (nSPS) is 15.4. The molecule has 122 valence electrons. The average Bonchev–Trinajstić information content (AvgIpc) is 2.92. The van der Waals surface area contributed by atoms with Gasteiger partial charge in [-0.2, -0.15) is 0 Å². The van der Waals surface area contributed by atoms with Crippen molar-refractivity contribution in [1.29, 1.82) is 0 Å². The molecule has 0 aliphatic carbocycles. The van der Waals surface area contributed by atoms with Crippen LogP contribution in [0.15, 0.2) is 10.3 Å². The minimum absolute atomic E-state index is 0.148. The van der Waals surface area contributed by atoms with Crippen molar-refractivity contribution in [3.63, 3.8) is 0 Å². The first-order valence-corrected chi connectivity index (χ1v) is 16.2. The van der Waals surface area contributed by atoms with Crippen LogP contribution in [0.25, 0.3) is 0 Å². The Morgan fingerprint density at radius 2 is 1.57 bits per heavy atom. The summed E-state index contributed by atoms with van der Waals surface area (Å²) >= 11 is -2.52. The fourth-order valence-electron chi connectivity index (χ4n) is 3.28. The molecule has 1 rings (SSSR count). The zero-order valence-electron chi connectivity index (χ0n) is 14.2. The molecule has 1 aliphatic heterocycles. The predicted octanol–water partition coefficient (Wildman–Crippen LogP) is 5.34. The van der Waals surface area contributed by atoms with Crippen molar-refractivity contribution in [2.45, 2.75) is 72.6 Å². The second-order valence-corrected chi connectivity index (χ2v) is 19.5. The van der Waals surface area contributed by atoms with E-state index in [0.29, 0.717) is 6.61 Å². The van der Waals surface area contributed by atoms with Gasteiger partial charge in [0.1, 0.15) is 0 Å². The van der Waals surface area contributed by atoms with Crippen molar-refractivity contribution in [2.75, 3.05) is 13.2 Å². The third-order valence-electron chi connectivity index (χ3n) is 4.73. The van der Waals surface area contributed by atoms with E-state index in [1.807, 2.05) is 4.90 Å². The number of carbonyl (C=O) groups excluding carboxylic acids is 1. The van der Waals surface area contributed by atoms with E-state index in [1.54, 1.807) is 0 Å². The fourth-order valence-corrected chi connectivity index (χ4v) is 18.9. The van der Waals surface area contributed by atoms with Gasteiger partial charge in [0, 0.05) is 0 Å². The van der Waals surface area contributed by atoms with Crippen LogP contribution in [0.1, 0.15) is 59.3 Å². The molecule has 0 aromatic rings. The summed E-state index contributed by atoms with van der Waals surface area (Å²) in [7, 11) is 0. The molecule has 1 fully saturated rings. The second kappa shape index (κ2) is 9.75. The third kappa shape index (κ3) is 5.18. The molecule has 0 N–H and O–H groups in total. The van der Waals surface area contributed by atoms with E-state index >= 15 is 0 Å². The second-order valence-electron chi connectivity index (χ2n) is 6.30. The first-order chi connectivity index (χ1) is 10.1. The van der Waals surface area contributed by atoms with Crippen molar-refractivity contribution < 1.29 is 9.53 Å². The first-order valence-electron chi connectivity index (χ1n) is 8.75. The number of hydrogen-bond donors (Lipinski definition) is 0. The molecule has 0 atom stereocenters. The molecule has 3 nitrogen and oxygen atoms in total. The summed E-state index contributed by atoms with van der Waals surface area (Å²) in [4.78, 5) is 13.8. The summed E-state index contributed by atoms with van der Waals surface area (Å²) in [6, 6.07) is 0. The summed E-state index contributed by atoms with van der Waals surface area (Å²) in [5.74, 6) is 0. The van der Waals surface area contributed by atoms with Crippen molar-refractivity contribution in [3.8, 4) is 0 Å². The van der Waals surface area contributed by atoms with Crippen LogP contribution in [0, 0.1) is 0 Å². The molecule has 1 heterocycles. The Hall–Kier alpha value is -0.191. The fraction of sp³-hybridized carbons (Fsp3) is 0.824. The molecule has 0 aromatic carbocycles. The summed E-state index contributed by atoms with van der Waals surface area (Å²) in [5, 5.41) is 0. The molecule has 0 bridgehead atoms. The van der Waals surface area contributed by atoms with E-state index in [2.05, 4.69) is 27.4 Å². The summed E-state index contributed by atoms with van der Waals surface area (Å²) in [6.45, 7) is 12.5. The molecule has 0 aromatic heterocycles. The van der Waals surface area contributed by atoms with Crippen molar-refractivity contribution in [3.05, 3.63) is 10.3 Å². The number of cyclic esters (lactones) is 1. The average molecular weight is 402 g/mol. The quantitative estimate of drug-likeness (QED) is 0.437. The maximum atomic E-state index is 12.0. The van der Waals surface area contributed by atoms with Crippen LogP contribution in [0.4, 0.5) is 4.79 Å². The monoisotopic (exact) mass is 403 g/mol. The molecule has 0 unspecified atom stereocenters. The van der Waals surface area contributed by atoms with Gasteiger partial charge >= 0.3 is 135 Å². The number of ether oxygens (including phenoxy) is 1. The van der Waals surface area contributed by atoms with Gasteiger partial charge in [0.2, 0.25) is 0 Å². The van der Waals surface area contributed by atoms with E-state index in [4.69, 9.17) is 4.74 Å². The van der Waals surface area contributed by atoms with Gasteiger partial charge in [-0.1, -0.05) is 0 Å². The Labute approximate surface area is 135 Å². The Kier molecular flexibility index (Phi) is 8.76. The van der Waals surface area contributed by atoms with Crippen LogP contribution in [-0.4, -0.2) is 42.5 Å².